The van der Waals surface area contributed by atoms with Crippen LogP contribution in [0.3, 0.4) is 0 Å². The van der Waals surface area contributed by atoms with Crippen LogP contribution in [0.5, 0.6) is 0 Å². The molecule has 0 saturated heterocycles. The first-order valence-electron chi connectivity index (χ1n) is 5.33. The molecule has 6 heteroatoms. The summed E-state index contributed by atoms with van der Waals surface area (Å²) in [6.07, 6.45) is 1.51. The number of nitrogens with zero attached hydrogens (tertiary/aromatic N) is 2. The van der Waals surface area contributed by atoms with Crippen LogP contribution in [0.2, 0.25) is 5.02 Å². The van der Waals surface area contributed by atoms with Gasteiger partial charge in [-0.25, -0.2) is 9.97 Å². The zero-order valence-corrected chi connectivity index (χ0v) is 12.3. The monoisotopic (exact) mass is 326 g/mol. The fourth-order valence-corrected chi connectivity index (χ4v) is 2.07. The largest absolute Gasteiger partial charge is 0.373 e. The van der Waals surface area contributed by atoms with Gasteiger partial charge in [0.15, 0.2) is 0 Å². The SMILES string of the molecule is CNc1ncnc(Nc2cc(Br)ccc2Cl)c1C. The first-order valence-corrected chi connectivity index (χ1v) is 6.50. The fraction of sp³-hybridized carbons (Fsp3) is 0.167. The van der Waals surface area contributed by atoms with E-state index in [-0.39, 0.29) is 0 Å². The highest BCUT2D eigenvalue weighted by atomic mass is 79.9. The van der Waals surface area contributed by atoms with E-state index in [1.165, 1.54) is 6.33 Å². The summed E-state index contributed by atoms with van der Waals surface area (Å²) in [6.45, 7) is 1.94. The maximum atomic E-state index is 6.13. The third-order valence-electron chi connectivity index (χ3n) is 2.50. The Morgan fingerprint density at radius 3 is 2.67 bits per heavy atom. The van der Waals surface area contributed by atoms with E-state index in [2.05, 4.69) is 36.5 Å². The first-order chi connectivity index (χ1) is 8.61. The van der Waals surface area contributed by atoms with Crippen molar-refractivity contribution in [3.05, 3.63) is 39.6 Å². The van der Waals surface area contributed by atoms with Crippen molar-refractivity contribution in [2.45, 2.75) is 6.92 Å². The van der Waals surface area contributed by atoms with Crippen LogP contribution in [-0.4, -0.2) is 17.0 Å². The number of aromatic nitrogens is 2. The van der Waals surface area contributed by atoms with Crippen LogP contribution in [0.25, 0.3) is 0 Å². The predicted molar refractivity (Wildman–Crippen MR) is 78.8 cm³/mol. The Morgan fingerprint density at radius 1 is 1.22 bits per heavy atom. The van der Waals surface area contributed by atoms with Crippen molar-refractivity contribution in [3.8, 4) is 0 Å². The number of halogens is 2. The van der Waals surface area contributed by atoms with Gasteiger partial charge in [0, 0.05) is 17.1 Å². The molecule has 2 N–H and O–H groups in total. The van der Waals surface area contributed by atoms with Gasteiger partial charge in [-0.2, -0.15) is 0 Å². The molecule has 2 aromatic rings. The smallest absolute Gasteiger partial charge is 0.138 e. The molecule has 0 spiro atoms. The Labute approximate surface area is 119 Å². The van der Waals surface area contributed by atoms with E-state index in [0.29, 0.717) is 5.02 Å². The number of anilines is 3. The molecule has 0 unspecified atom stereocenters. The summed E-state index contributed by atoms with van der Waals surface area (Å²) in [4.78, 5) is 8.35. The molecule has 0 aliphatic rings. The molecule has 18 heavy (non-hydrogen) atoms. The highest BCUT2D eigenvalue weighted by molar-refractivity contribution is 9.10. The minimum absolute atomic E-state index is 0.641. The lowest BCUT2D eigenvalue weighted by atomic mass is 10.2. The minimum Gasteiger partial charge on any atom is -0.373 e. The number of hydrogen-bond acceptors (Lipinski definition) is 4. The second-order valence-corrected chi connectivity index (χ2v) is 5.02. The van der Waals surface area contributed by atoms with Gasteiger partial charge in [0.25, 0.3) is 0 Å². The number of rotatable bonds is 3. The summed E-state index contributed by atoms with van der Waals surface area (Å²) in [5, 5.41) is 6.86. The topological polar surface area (TPSA) is 49.8 Å². The molecule has 4 nitrogen and oxygen atoms in total. The molecule has 1 heterocycles. The fourth-order valence-electron chi connectivity index (χ4n) is 1.55. The van der Waals surface area contributed by atoms with E-state index in [0.717, 1.165) is 27.4 Å². The first kappa shape index (κ1) is 13.1. The molecule has 1 aromatic heterocycles. The summed E-state index contributed by atoms with van der Waals surface area (Å²) < 4.78 is 0.954. The van der Waals surface area contributed by atoms with Gasteiger partial charge >= 0.3 is 0 Å². The highest BCUT2D eigenvalue weighted by Gasteiger charge is 2.08. The number of benzene rings is 1. The molecule has 2 rings (SSSR count). The van der Waals surface area contributed by atoms with E-state index in [1.807, 2.05) is 32.2 Å². The van der Waals surface area contributed by atoms with Crippen LogP contribution >= 0.6 is 27.5 Å². The Bertz CT molecular complexity index is 574. The van der Waals surface area contributed by atoms with Crippen LogP contribution in [0.4, 0.5) is 17.3 Å². The predicted octanol–water partition coefficient (Wildman–Crippen LogP) is 3.99. The van der Waals surface area contributed by atoms with Gasteiger partial charge in [0.2, 0.25) is 0 Å². The number of nitrogens with one attached hydrogen (secondary N) is 2. The molecule has 0 atom stereocenters. The second kappa shape index (κ2) is 5.54. The second-order valence-electron chi connectivity index (χ2n) is 3.70. The maximum Gasteiger partial charge on any atom is 0.138 e. The summed E-state index contributed by atoms with van der Waals surface area (Å²) in [7, 11) is 1.82. The van der Waals surface area contributed by atoms with Crippen LogP contribution in [0.1, 0.15) is 5.56 Å². The average Bonchev–Trinajstić information content (AvgIpc) is 2.36. The van der Waals surface area contributed by atoms with Crippen molar-refractivity contribution in [3.63, 3.8) is 0 Å². The van der Waals surface area contributed by atoms with Crippen molar-refractivity contribution >= 4 is 44.9 Å². The van der Waals surface area contributed by atoms with E-state index in [4.69, 9.17) is 11.6 Å². The van der Waals surface area contributed by atoms with E-state index in [9.17, 15) is 0 Å². The quantitative estimate of drug-likeness (QED) is 0.895. The number of hydrogen-bond donors (Lipinski definition) is 2. The lowest BCUT2D eigenvalue weighted by molar-refractivity contribution is 1.12. The standard InChI is InChI=1S/C12H12BrClN4/c1-7-11(15-2)16-6-17-12(7)18-10-5-8(13)3-4-9(10)14/h3-6H,1-2H3,(H2,15,16,17,18). The van der Waals surface area contributed by atoms with Crippen LogP contribution in [0.15, 0.2) is 29.0 Å². The average molecular weight is 328 g/mol. The van der Waals surface area contributed by atoms with Crippen molar-refractivity contribution in [2.75, 3.05) is 17.7 Å². The molecule has 0 radical (unpaired) electrons. The van der Waals surface area contributed by atoms with Gasteiger partial charge in [0.1, 0.15) is 18.0 Å². The van der Waals surface area contributed by atoms with Crippen molar-refractivity contribution in [1.29, 1.82) is 0 Å². The van der Waals surface area contributed by atoms with Gasteiger partial charge in [-0.1, -0.05) is 27.5 Å². The molecule has 0 saturated carbocycles. The van der Waals surface area contributed by atoms with E-state index in [1.54, 1.807) is 0 Å². The lowest BCUT2D eigenvalue weighted by Gasteiger charge is -2.12. The molecule has 1 aromatic carbocycles. The molecular weight excluding hydrogens is 316 g/mol. The normalized spacial score (nSPS) is 10.2. The molecule has 0 fully saturated rings. The Morgan fingerprint density at radius 2 is 1.94 bits per heavy atom. The van der Waals surface area contributed by atoms with Crippen molar-refractivity contribution in [1.82, 2.24) is 9.97 Å². The molecule has 0 amide bonds. The Balaban J connectivity index is 2.37. The molecular formula is C12H12BrClN4. The van der Waals surface area contributed by atoms with E-state index < -0.39 is 0 Å². The Hall–Kier alpha value is -1.33. The lowest BCUT2D eigenvalue weighted by Crippen LogP contribution is -2.02. The summed E-state index contributed by atoms with van der Waals surface area (Å²) in [5.74, 6) is 1.52. The minimum atomic E-state index is 0.641. The van der Waals surface area contributed by atoms with Crippen LogP contribution in [0, 0.1) is 6.92 Å². The third kappa shape index (κ3) is 2.73. The highest BCUT2D eigenvalue weighted by Crippen LogP contribution is 2.29. The molecule has 0 aliphatic carbocycles. The van der Waals surface area contributed by atoms with Crippen LogP contribution in [-0.2, 0) is 0 Å². The summed E-state index contributed by atoms with van der Waals surface area (Å²) in [6, 6.07) is 5.62. The zero-order chi connectivity index (χ0) is 13.1. The van der Waals surface area contributed by atoms with Gasteiger partial charge in [-0.15, -0.1) is 0 Å². The van der Waals surface area contributed by atoms with Gasteiger partial charge < -0.3 is 10.6 Å². The van der Waals surface area contributed by atoms with Gasteiger partial charge in [-0.05, 0) is 25.1 Å². The van der Waals surface area contributed by atoms with Gasteiger partial charge in [0.05, 0.1) is 10.7 Å². The maximum absolute atomic E-state index is 6.13. The summed E-state index contributed by atoms with van der Waals surface area (Å²) >= 11 is 9.54. The van der Waals surface area contributed by atoms with Gasteiger partial charge in [-0.3, -0.25) is 0 Å². The van der Waals surface area contributed by atoms with E-state index >= 15 is 0 Å². The molecule has 94 valence electrons. The van der Waals surface area contributed by atoms with Crippen molar-refractivity contribution < 1.29 is 0 Å². The summed E-state index contributed by atoms with van der Waals surface area (Å²) in [5.41, 5.74) is 1.74. The van der Waals surface area contributed by atoms with Crippen LogP contribution < -0.4 is 10.6 Å². The molecule has 0 bridgehead atoms. The molecule has 0 aliphatic heterocycles. The third-order valence-corrected chi connectivity index (χ3v) is 3.33. The Kier molecular flexibility index (Phi) is 4.04. The van der Waals surface area contributed by atoms with Crippen molar-refractivity contribution in [2.24, 2.45) is 0 Å². The zero-order valence-electron chi connectivity index (χ0n) is 9.96.